The van der Waals surface area contributed by atoms with E-state index in [4.69, 9.17) is 5.11 Å². The Kier molecular flexibility index (Phi) is 4.50. The first-order chi connectivity index (χ1) is 7.40. The molecule has 0 aromatic heterocycles. The van der Waals surface area contributed by atoms with Gasteiger partial charge in [0.25, 0.3) is 5.91 Å². The summed E-state index contributed by atoms with van der Waals surface area (Å²) in [5.41, 5.74) is -1.08. The van der Waals surface area contributed by atoms with Crippen molar-refractivity contribution in [3.05, 3.63) is 0 Å². The lowest BCUT2D eigenvalue weighted by Crippen LogP contribution is -2.55. The van der Waals surface area contributed by atoms with Gasteiger partial charge in [0, 0.05) is 0 Å². The molecule has 2 N–H and O–H groups in total. The summed E-state index contributed by atoms with van der Waals surface area (Å²) >= 11 is 0. The van der Waals surface area contributed by atoms with Gasteiger partial charge in [-0.25, -0.2) is 13.6 Å². The van der Waals surface area contributed by atoms with Gasteiger partial charge in [-0.05, 0) is 5.41 Å². The van der Waals surface area contributed by atoms with Crippen LogP contribution >= 0.6 is 0 Å². The van der Waals surface area contributed by atoms with Crippen LogP contribution in [0.4, 0.5) is 17.6 Å². The molecule has 8 heteroatoms. The van der Waals surface area contributed by atoms with E-state index < -0.39 is 35.7 Å². The number of hydrogen-bond donors (Lipinski definition) is 2. The normalized spacial score (nSPS) is 14.6. The molecule has 0 aliphatic heterocycles. The van der Waals surface area contributed by atoms with E-state index in [1.807, 2.05) is 0 Å². The quantitative estimate of drug-likeness (QED) is 0.752. The highest BCUT2D eigenvalue weighted by molar-refractivity contribution is 5.88. The summed E-state index contributed by atoms with van der Waals surface area (Å²) in [6.45, 7) is 4.10. The Morgan fingerprint density at radius 1 is 1.18 bits per heavy atom. The fourth-order valence-electron chi connectivity index (χ4n) is 0.975. The van der Waals surface area contributed by atoms with Crippen molar-refractivity contribution in [1.29, 1.82) is 0 Å². The third-order valence-electron chi connectivity index (χ3n) is 1.97. The summed E-state index contributed by atoms with van der Waals surface area (Å²) < 4.78 is 48.9. The van der Waals surface area contributed by atoms with Gasteiger partial charge in [-0.1, -0.05) is 20.8 Å². The Morgan fingerprint density at radius 3 is 1.82 bits per heavy atom. The first-order valence-corrected chi connectivity index (χ1v) is 4.60. The molecule has 0 rings (SSSR count). The standard InChI is InChI=1S/C9H13F4NO3/c1-8(2,3)4(5(15)16)14-7(17)9(12,13)6(10)11/h4,6H,1-3H3,(H,14,17)(H,15,16)/t4-/m1/s1. The molecular weight excluding hydrogens is 246 g/mol. The molecule has 0 saturated carbocycles. The van der Waals surface area contributed by atoms with Crippen molar-refractivity contribution in [2.75, 3.05) is 0 Å². The van der Waals surface area contributed by atoms with E-state index in [2.05, 4.69) is 0 Å². The van der Waals surface area contributed by atoms with Crippen LogP contribution in [0.25, 0.3) is 0 Å². The van der Waals surface area contributed by atoms with Crippen LogP contribution in [0.3, 0.4) is 0 Å². The van der Waals surface area contributed by atoms with Crippen molar-refractivity contribution in [3.8, 4) is 0 Å². The van der Waals surface area contributed by atoms with Crippen LogP contribution in [0, 0.1) is 5.41 Å². The number of rotatable bonds is 4. The van der Waals surface area contributed by atoms with Gasteiger partial charge in [0.05, 0.1) is 0 Å². The molecule has 1 amide bonds. The molecule has 0 saturated heterocycles. The Bertz CT molecular complexity index is 312. The second-order valence-electron chi connectivity index (χ2n) is 4.53. The van der Waals surface area contributed by atoms with E-state index in [9.17, 15) is 27.2 Å². The molecule has 0 aromatic carbocycles. The summed E-state index contributed by atoms with van der Waals surface area (Å²) in [6, 6.07) is -1.68. The van der Waals surface area contributed by atoms with Crippen molar-refractivity contribution in [2.45, 2.75) is 39.2 Å². The van der Waals surface area contributed by atoms with Gasteiger partial charge in [0.1, 0.15) is 6.04 Å². The Hall–Kier alpha value is -1.34. The number of aliphatic carboxylic acids is 1. The maximum atomic E-state index is 12.6. The number of amides is 1. The van der Waals surface area contributed by atoms with Crippen molar-refractivity contribution >= 4 is 11.9 Å². The fraction of sp³-hybridized carbons (Fsp3) is 0.778. The number of hydrogen-bond acceptors (Lipinski definition) is 2. The zero-order valence-electron chi connectivity index (χ0n) is 9.43. The first-order valence-electron chi connectivity index (χ1n) is 4.60. The predicted octanol–water partition coefficient (Wildman–Crippen LogP) is 1.50. The van der Waals surface area contributed by atoms with Crippen LogP contribution in [-0.2, 0) is 9.59 Å². The topological polar surface area (TPSA) is 66.4 Å². The summed E-state index contributed by atoms with van der Waals surface area (Å²) in [5.74, 6) is -8.77. The lowest BCUT2D eigenvalue weighted by atomic mass is 9.86. The van der Waals surface area contributed by atoms with Gasteiger partial charge >= 0.3 is 18.3 Å². The fourth-order valence-corrected chi connectivity index (χ4v) is 0.975. The largest absolute Gasteiger partial charge is 0.480 e. The lowest BCUT2D eigenvalue weighted by molar-refractivity contribution is -0.172. The van der Waals surface area contributed by atoms with Crippen LogP contribution in [0.2, 0.25) is 0 Å². The zero-order valence-corrected chi connectivity index (χ0v) is 9.43. The molecule has 0 aliphatic rings. The number of nitrogens with one attached hydrogen (secondary N) is 1. The Balaban J connectivity index is 4.93. The maximum Gasteiger partial charge on any atom is 0.383 e. The van der Waals surface area contributed by atoms with Crippen molar-refractivity contribution < 1.29 is 32.3 Å². The molecule has 0 radical (unpaired) electrons. The molecule has 17 heavy (non-hydrogen) atoms. The monoisotopic (exact) mass is 259 g/mol. The minimum Gasteiger partial charge on any atom is -0.480 e. The Morgan fingerprint density at radius 2 is 1.59 bits per heavy atom. The Labute approximate surface area is 95.0 Å². The molecular formula is C9H13F4NO3. The van der Waals surface area contributed by atoms with E-state index >= 15 is 0 Å². The molecule has 0 fully saturated rings. The number of halogens is 4. The lowest BCUT2D eigenvalue weighted by Gasteiger charge is -2.29. The second-order valence-corrected chi connectivity index (χ2v) is 4.53. The predicted molar refractivity (Wildman–Crippen MR) is 50.0 cm³/mol. The average Bonchev–Trinajstić information content (AvgIpc) is 2.10. The van der Waals surface area contributed by atoms with E-state index in [0.29, 0.717) is 0 Å². The van der Waals surface area contributed by atoms with E-state index in [1.54, 1.807) is 0 Å². The first kappa shape index (κ1) is 15.7. The molecule has 0 spiro atoms. The number of carboxylic acids is 1. The number of carbonyl (C=O) groups excluding carboxylic acids is 1. The van der Waals surface area contributed by atoms with E-state index in [1.165, 1.54) is 26.1 Å². The van der Waals surface area contributed by atoms with Gasteiger partial charge in [-0.3, -0.25) is 4.79 Å². The van der Waals surface area contributed by atoms with Crippen LogP contribution < -0.4 is 5.32 Å². The highest BCUT2D eigenvalue weighted by Gasteiger charge is 2.50. The van der Waals surface area contributed by atoms with E-state index in [-0.39, 0.29) is 0 Å². The number of carboxylic acid groups (broad SMARTS) is 1. The SMILES string of the molecule is CC(C)(C)[C@H](NC(=O)C(F)(F)C(F)F)C(=O)O. The maximum absolute atomic E-state index is 12.6. The molecule has 0 aromatic rings. The second kappa shape index (κ2) is 4.89. The van der Waals surface area contributed by atoms with Gasteiger partial charge in [0.2, 0.25) is 0 Å². The highest BCUT2D eigenvalue weighted by Crippen LogP contribution is 2.25. The van der Waals surface area contributed by atoms with Gasteiger partial charge in [0.15, 0.2) is 0 Å². The van der Waals surface area contributed by atoms with Crippen molar-refractivity contribution in [1.82, 2.24) is 5.32 Å². The third kappa shape index (κ3) is 3.86. The van der Waals surface area contributed by atoms with Crippen LogP contribution in [0.1, 0.15) is 20.8 Å². The molecule has 0 bridgehead atoms. The van der Waals surface area contributed by atoms with Gasteiger partial charge < -0.3 is 10.4 Å². The molecule has 0 unspecified atom stereocenters. The smallest absolute Gasteiger partial charge is 0.383 e. The average molecular weight is 259 g/mol. The summed E-state index contributed by atoms with van der Waals surface area (Å²) in [5, 5.41) is 10.1. The summed E-state index contributed by atoms with van der Waals surface area (Å²) in [6.07, 6.45) is -4.18. The zero-order chi connectivity index (χ0) is 14.0. The third-order valence-corrected chi connectivity index (χ3v) is 1.97. The van der Waals surface area contributed by atoms with Crippen LogP contribution in [-0.4, -0.2) is 35.4 Å². The molecule has 0 heterocycles. The summed E-state index contributed by atoms with van der Waals surface area (Å²) in [7, 11) is 0. The number of carbonyl (C=O) groups is 2. The van der Waals surface area contributed by atoms with Crippen molar-refractivity contribution in [3.63, 3.8) is 0 Å². The van der Waals surface area contributed by atoms with Crippen LogP contribution in [0.15, 0.2) is 0 Å². The molecule has 4 nitrogen and oxygen atoms in total. The summed E-state index contributed by atoms with van der Waals surface area (Å²) in [4.78, 5) is 21.6. The number of alkyl halides is 4. The molecule has 1 atom stereocenters. The van der Waals surface area contributed by atoms with Crippen molar-refractivity contribution in [2.24, 2.45) is 5.41 Å². The minimum atomic E-state index is -4.90. The minimum absolute atomic E-state index is 1.08. The molecule has 100 valence electrons. The van der Waals surface area contributed by atoms with E-state index in [0.717, 1.165) is 0 Å². The highest BCUT2D eigenvalue weighted by atomic mass is 19.3. The van der Waals surface area contributed by atoms with Crippen LogP contribution in [0.5, 0.6) is 0 Å². The van der Waals surface area contributed by atoms with Gasteiger partial charge in [-0.2, -0.15) is 8.78 Å². The molecule has 0 aliphatic carbocycles. The van der Waals surface area contributed by atoms with Gasteiger partial charge in [-0.15, -0.1) is 0 Å².